The number of fused-ring (bicyclic) bond motifs is 1. The SMILES string of the molecule is CCCOC(=O)c1ccc2nc(-c3ccc(SC)cc3OC)[nH]c2c1. The second-order valence-corrected chi connectivity index (χ2v) is 6.40. The summed E-state index contributed by atoms with van der Waals surface area (Å²) in [6.07, 6.45) is 2.82. The quantitative estimate of drug-likeness (QED) is 0.519. The number of thioether (sulfide) groups is 1. The van der Waals surface area contributed by atoms with E-state index in [2.05, 4.69) is 9.97 Å². The molecular weight excluding hydrogens is 336 g/mol. The van der Waals surface area contributed by atoms with Crippen LogP contribution in [0.1, 0.15) is 23.7 Å². The highest BCUT2D eigenvalue weighted by Gasteiger charge is 2.14. The van der Waals surface area contributed by atoms with Gasteiger partial charge < -0.3 is 14.5 Å². The molecule has 5 nitrogen and oxygen atoms in total. The number of hydrogen-bond donors (Lipinski definition) is 1. The average molecular weight is 356 g/mol. The number of nitrogens with zero attached hydrogens (tertiary/aromatic N) is 1. The van der Waals surface area contributed by atoms with Gasteiger partial charge in [0, 0.05) is 4.90 Å². The molecule has 0 amide bonds. The van der Waals surface area contributed by atoms with E-state index in [1.165, 1.54) is 0 Å². The summed E-state index contributed by atoms with van der Waals surface area (Å²) < 4.78 is 10.7. The summed E-state index contributed by atoms with van der Waals surface area (Å²) in [5, 5.41) is 0. The minimum absolute atomic E-state index is 0.318. The molecule has 130 valence electrons. The molecule has 0 spiro atoms. The molecule has 0 fully saturated rings. The lowest BCUT2D eigenvalue weighted by molar-refractivity contribution is 0.0505. The number of H-pyrrole nitrogens is 1. The van der Waals surface area contributed by atoms with Gasteiger partial charge in [0.1, 0.15) is 11.6 Å². The van der Waals surface area contributed by atoms with Crippen LogP contribution in [0.2, 0.25) is 0 Å². The van der Waals surface area contributed by atoms with Crippen molar-refractivity contribution in [2.45, 2.75) is 18.2 Å². The number of nitrogens with one attached hydrogen (secondary N) is 1. The minimum atomic E-state index is -0.318. The predicted octanol–water partition coefficient (Wildman–Crippen LogP) is 4.53. The molecule has 3 aromatic rings. The zero-order valence-corrected chi connectivity index (χ0v) is 15.3. The van der Waals surface area contributed by atoms with Gasteiger partial charge in [0.15, 0.2) is 0 Å². The van der Waals surface area contributed by atoms with Crippen molar-refractivity contribution >= 4 is 28.8 Å². The smallest absolute Gasteiger partial charge is 0.338 e. The van der Waals surface area contributed by atoms with Crippen LogP contribution in [0.25, 0.3) is 22.4 Å². The fourth-order valence-electron chi connectivity index (χ4n) is 2.54. The zero-order valence-electron chi connectivity index (χ0n) is 14.5. The van der Waals surface area contributed by atoms with E-state index in [-0.39, 0.29) is 5.97 Å². The van der Waals surface area contributed by atoms with Crippen LogP contribution in [0.4, 0.5) is 0 Å². The van der Waals surface area contributed by atoms with Crippen LogP contribution in [-0.2, 0) is 4.74 Å². The number of aromatic nitrogens is 2. The van der Waals surface area contributed by atoms with Crippen molar-refractivity contribution in [3.8, 4) is 17.1 Å². The number of rotatable bonds is 6. The number of carbonyl (C=O) groups is 1. The molecule has 1 N–H and O–H groups in total. The predicted molar refractivity (Wildman–Crippen MR) is 100 cm³/mol. The maximum atomic E-state index is 12.0. The highest BCUT2D eigenvalue weighted by Crippen LogP contribution is 2.33. The van der Waals surface area contributed by atoms with Crippen LogP contribution in [0, 0.1) is 0 Å². The van der Waals surface area contributed by atoms with Gasteiger partial charge in [-0.3, -0.25) is 0 Å². The monoisotopic (exact) mass is 356 g/mol. The maximum Gasteiger partial charge on any atom is 0.338 e. The molecule has 0 aliphatic heterocycles. The Labute approximate surface area is 150 Å². The average Bonchev–Trinajstić information content (AvgIpc) is 3.08. The topological polar surface area (TPSA) is 64.2 Å². The number of imidazole rings is 1. The van der Waals surface area contributed by atoms with Gasteiger partial charge in [0.2, 0.25) is 0 Å². The Balaban J connectivity index is 1.98. The molecule has 0 atom stereocenters. The van der Waals surface area contributed by atoms with E-state index in [0.29, 0.717) is 18.0 Å². The molecule has 2 aromatic carbocycles. The Morgan fingerprint density at radius 2 is 2.08 bits per heavy atom. The molecular formula is C19H20N2O3S. The second kappa shape index (κ2) is 7.61. The van der Waals surface area contributed by atoms with Gasteiger partial charge in [-0.15, -0.1) is 11.8 Å². The van der Waals surface area contributed by atoms with E-state index >= 15 is 0 Å². The van der Waals surface area contributed by atoms with Crippen molar-refractivity contribution < 1.29 is 14.3 Å². The van der Waals surface area contributed by atoms with E-state index in [0.717, 1.165) is 33.7 Å². The molecule has 0 saturated carbocycles. The van der Waals surface area contributed by atoms with E-state index < -0.39 is 0 Å². The normalized spacial score (nSPS) is 10.8. The number of hydrogen-bond acceptors (Lipinski definition) is 5. The summed E-state index contributed by atoms with van der Waals surface area (Å²) in [7, 11) is 1.65. The molecule has 3 rings (SSSR count). The van der Waals surface area contributed by atoms with E-state index in [9.17, 15) is 4.79 Å². The molecule has 1 heterocycles. The third kappa shape index (κ3) is 3.64. The molecule has 0 saturated heterocycles. The molecule has 25 heavy (non-hydrogen) atoms. The molecule has 6 heteroatoms. The Hall–Kier alpha value is -2.47. The lowest BCUT2D eigenvalue weighted by atomic mass is 10.2. The molecule has 0 unspecified atom stereocenters. The summed E-state index contributed by atoms with van der Waals surface area (Å²) in [6, 6.07) is 11.3. The van der Waals surface area contributed by atoms with E-state index in [4.69, 9.17) is 9.47 Å². The number of esters is 1. The molecule has 0 radical (unpaired) electrons. The van der Waals surface area contributed by atoms with Crippen LogP contribution in [0.3, 0.4) is 0 Å². The van der Waals surface area contributed by atoms with Gasteiger partial charge >= 0.3 is 5.97 Å². The van der Waals surface area contributed by atoms with Gasteiger partial charge in [0.05, 0.1) is 35.9 Å². The number of ether oxygens (including phenoxy) is 2. The molecule has 1 aromatic heterocycles. The maximum absolute atomic E-state index is 12.0. The number of methoxy groups -OCH3 is 1. The van der Waals surface area contributed by atoms with Gasteiger partial charge in [0.25, 0.3) is 0 Å². The zero-order chi connectivity index (χ0) is 17.8. The van der Waals surface area contributed by atoms with Crippen molar-refractivity contribution in [3.63, 3.8) is 0 Å². The number of aromatic amines is 1. The van der Waals surface area contributed by atoms with Crippen LogP contribution in [0.15, 0.2) is 41.3 Å². The summed E-state index contributed by atoms with van der Waals surface area (Å²) >= 11 is 1.66. The van der Waals surface area contributed by atoms with Gasteiger partial charge in [-0.2, -0.15) is 0 Å². The van der Waals surface area contributed by atoms with Crippen molar-refractivity contribution in [1.82, 2.24) is 9.97 Å². The van der Waals surface area contributed by atoms with Crippen LogP contribution in [-0.4, -0.2) is 35.9 Å². The largest absolute Gasteiger partial charge is 0.496 e. The Morgan fingerprint density at radius 1 is 1.24 bits per heavy atom. The summed E-state index contributed by atoms with van der Waals surface area (Å²) in [5.41, 5.74) is 2.97. The van der Waals surface area contributed by atoms with E-state index in [1.54, 1.807) is 31.0 Å². The molecule has 0 aliphatic carbocycles. The van der Waals surface area contributed by atoms with Crippen LogP contribution in [0.5, 0.6) is 5.75 Å². The molecule has 0 bridgehead atoms. The third-order valence-electron chi connectivity index (χ3n) is 3.82. The van der Waals surface area contributed by atoms with Gasteiger partial charge in [-0.05, 0) is 49.1 Å². The highest BCUT2D eigenvalue weighted by molar-refractivity contribution is 7.98. The number of benzene rings is 2. The first-order chi connectivity index (χ1) is 12.2. The minimum Gasteiger partial charge on any atom is -0.496 e. The van der Waals surface area contributed by atoms with E-state index in [1.807, 2.05) is 37.4 Å². The molecule has 0 aliphatic rings. The number of carbonyl (C=O) groups excluding carboxylic acids is 1. The fraction of sp³-hybridized carbons (Fsp3) is 0.263. The van der Waals surface area contributed by atoms with Crippen molar-refractivity contribution in [2.75, 3.05) is 20.0 Å². The van der Waals surface area contributed by atoms with Gasteiger partial charge in [-0.25, -0.2) is 9.78 Å². The third-order valence-corrected chi connectivity index (χ3v) is 4.54. The highest BCUT2D eigenvalue weighted by atomic mass is 32.2. The van der Waals surface area contributed by atoms with Gasteiger partial charge in [-0.1, -0.05) is 6.92 Å². The first-order valence-electron chi connectivity index (χ1n) is 8.05. The first-order valence-corrected chi connectivity index (χ1v) is 9.28. The fourth-order valence-corrected chi connectivity index (χ4v) is 2.97. The van der Waals surface area contributed by atoms with Crippen molar-refractivity contribution in [3.05, 3.63) is 42.0 Å². The second-order valence-electron chi connectivity index (χ2n) is 5.52. The van der Waals surface area contributed by atoms with Crippen molar-refractivity contribution in [2.24, 2.45) is 0 Å². The summed E-state index contributed by atoms with van der Waals surface area (Å²) in [6.45, 7) is 2.39. The van der Waals surface area contributed by atoms with Crippen molar-refractivity contribution in [1.29, 1.82) is 0 Å². The summed E-state index contributed by atoms with van der Waals surface area (Å²) in [5.74, 6) is 1.15. The first kappa shape index (κ1) is 17.4. The lowest BCUT2D eigenvalue weighted by Gasteiger charge is -2.07. The standard InChI is InChI=1S/C19H20N2O3S/c1-4-9-24-19(22)12-5-8-15-16(10-12)21-18(20-15)14-7-6-13(25-3)11-17(14)23-2/h5-8,10-11H,4,9H2,1-3H3,(H,20,21). The Bertz CT molecular complexity index is 905. The lowest BCUT2D eigenvalue weighted by Crippen LogP contribution is -2.05. The Morgan fingerprint density at radius 3 is 2.80 bits per heavy atom. The van der Waals surface area contributed by atoms with Crippen LogP contribution >= 0.6 is 11.8 Å². The van der Waals surface area contributed by atoms with Crippen LogP contribution < -0.4 is 4.74 Å². The Kier molecular flexibility index (Phi) is 5.28. The summed E-state index contributed by atoms with van der Waals surface area (Å²) in [4.78, 5) is 21.0.